The van der Waals surface area contributed by atoms with Gasteiger partial charge in [0.1, 0.15) is 0 Å². The first-order valence-electron chi connectivity index (χ1n) is 6.14. The Labute approximate surface area is 130 Å². The van der Waals surface area contributed by atoms with Crippen molar-refractivity contribution < 1.29 is 9.72 Å². The van der Waals surface area contributed by atoms with Gasteiger partial charge in [0.15, 0.2) is 0 Å². The Balaban J connectivity index is 2.18. The Hall–Kier alpha value is -1.92. The number of nitrogens with zero attached hydrogens (tertiary/aromatic N) is 2. The minimum Gasteiger partial charge on any atom is -0.337 e. The largest absolute Gasteiger partial charge is 0.337 e. The van der Waals surface area contributed by atoms with Gasteiger partial charge in [0.25, 0.3) is 11.6 Å². The molecule has 0 atom stereocenters. The normalized spacial score (nSPS) is 10.4. The van der Waals surface area contributed by atoms with Crippen LogP contribution in [0.2, 0.25) is 5.02 Å². The van der Waals surface area contributed by atoms with E-state index in [0.29, 0.717) is 21.3 Å². The summed E-state index contributed by atoms with van der Waals surface area (Å²) in [6.07, 6.45) is 0. The molecule has 0 aliphatic heterocycles. The van der Waals surface area contributed by atoms with Crippen LogP contribution < -0.4 is 0 Å². The van der Waals surface area contributed by atoms with Gasteiger partial charge in [-0.05, 0) is 18.6 Å². The van der Waals surface area contributed by atoms with E-state index in [1.807, 2.05) is 18.2 Å². The van der Waals surface area contributed by atoms with Gasteiger partial charge in [0.05, 0.1) is 14.7 Å². The molecule has 0 bridgehead atoms. The first kappa shape index (κ1) is 15.5. The molecule has 0 fully saturated rings. The Kier molecular flexibility index (Phi) is 4.59. The predicted molar refractivity (Wildman–Crippen MR) is 83.0 cm³/mol. The molecule has 110 valence electrons. The second kappa shape index (κ2) is 6.24. The molecule has 2 aromatic rings. The maximum atomic E-state index is 12.3. The fraction of sp³-hybridized carbons (Fsp3) is 0.214. The lowest BCUT2D eigenvalue weighted by atomic mass is 10.2. The van der Waals surface area contributed by atoms with Crippen molar-refractivity contribution in [3.63, 3.8) is 0 Å². The van der Waals surface area contributed by atoms with Crippen molar-refractivity contribution in [2.45, 2.75) is 13.5 Å². The van der Waals surface area contributed by atoms with Crippen LogP contribution >= 0.6 is 22.9 Å². The van der Waals surface area contributed by atoms with Gasteiger partial charge in [-0.3, -0.25) is 14.9 Å². The van der Waals surface area contributed by atoms with E-state index in [2.05, 4.69) is 0 Å². The van der Waals surface area contributed by atoms with E-state index in [0.717, 1.165) is 16.9 Å². The lowest BCUT2D eigenvalue weighted by Gasteiger charge is -2.16. The molecule has 1 amide bonds. The first-order valence-corrected chi connectivity index (χ1v) is 7.33. The number of thiophene rings is 1. The van der Waals surface area contributed by atoms with E-state index < -0.39 is 4.92 Å². The smallest absolute Gasteiger partial charge is 0.283 e. The van der Waals surface area contributed by atoms with Crippen molar-refractivity contribution in [2.24, 2.45) is 0 Å². The summed E-state index contributed by atoms with van der Waals surface area (Å²) in [7, 11) is 1.65. The van der Waals surface area contributed by atoms with E-state index in [-0.39, 0.29) is 11.6 Å². The van der Waals surface area contributed by atoms with Crippen LogP contribution in [0.5, 0.6) is 0 Å². The van der Waals surface area contributed by atoms with Crippen molar-refractivity contribution in [1.82, 2.24) is 4.90 Å². The molecule has 0 radical (unpaired) electrons. The summed E-state index contributed by atoms with van der Waals surface area (Å²) in [6, 6.07) is 8.59. The quantitative estimate of drug-likeness (QED) is 0.633. The highest BCUT2D eigenvalue weighted by atomic mass is 35.5. The molecule has 0 saturated heterocycles. The highest BCUT2D eigenvalue weighted by Gasteiger charge is 2.22. The van der Waals surface area contributed by atoms with Crippen molar-refractivity contribution in [3.05, 3.63) is 60.8 Å². The minimum absolute atomic E-state index is 0.0190. The molecular weight excluding hydrogens is 312 g/mol. The first-order chi connectivity index (χ1) is 9.90. The van der Waals surface area contributed by atoms with E-state index in [1.165, 1.54) is 11.0 Å². The molecule has 0 spiro atoms. The predicted octanol–water partition coefficient (Wildman–Crippen LogP) is 3.89. The van der Waals surface area contributed by atoms with Gasteiger partial charge < -0.3 is 4.90 Å². The van der Waals surface area contributed by atoms with E-state index in [1.54, 1.807) is 20.0 Å². The van der Waals surface area contributed by atoms with Gasteiger partial charge in [0, 0.05) is 24.7 Å². The zero-order chi connectivity index (χ0) is 15.6. The average Bonchev–Trinajstić information content (AvgIpc) is 2.82. The summed E-state index contributed by atoms with van der Waals surface area (Å²) in [5, 5.41) is 11.4. The zero-order valence-electron chi connectivity index (χ0n) is 11.5. The number of nitro groups is 1. The lowest BCUT2D eigenvalue weighted by Crippen LogP contribution is -2.25. The van der Waals surface area contributed by atoms with Crippen LogP contribution in [0.1, 0.15) is 20.1 Å². The average molecular weight is 325 g/mol. The number of amides is 1. The summed E-state index contributed by atoms with van der Waals surface area (Å²) < 4.78 is 0. The number of hydrogen-bond acceptors (Lipinski definition) is 4. The van der Waals surface area contributed by atoms with Crippen molar-refractivity contribution in [2.75, 3.05) is 7.05 Å². The molecule has 0 N–H and O–H groups in total. The third-order valence-corrected chi connectivity index (χ3v) is 4.41. The number of halogens is 1. The fourth-order valence-electron chi connectivity index (χ4n) is 1.90. The third kappa shape index (κ3) is 3.40. The van der Waals surface area contributed by atoms with Gasteiger partial charge in [-0.2, -0.15) is 0 Å². The van der Waals surface area contributed by atoms with Crippen LogP contribution in [0.25, 0.3) is 0 Å². The number of benzene rings is 1. The summed E-state index contributed by atoms with van der Waals surface area (Å²) >= 11 is 7.19. The van der Waals surface area contributed by atoms with Crippen molar-refractivity contribution in [1.29, 1.82) is 0 Å². The van der Waals surface area contributed by atoms with Crippen LogP contribution in [0.3, 0.4) is 0 Å². The molecule has 7 heteroatoms. The summed E-state index contributed by atoms with van der Waals surface area (Å²) in [6.45, 7) is 1.98. The number of carbonyl (C=O) groups is 1. The molecule has 0 aliphatic rings. The molecule has 5 nitrogen and oxygen atoms in total. The number of rotatable bonds is 4. The standard InChI is InChI=1S/C14H13ClN2O3S/c1-9-12(17(19)20)7-13(21-9)14(18)16(2)8-10-5-3-4-6-11(10)15/h3-7H,8H2,1-2H3. The molecule has 0 unspecified atom stereocenters. The SMILES string of the molecule is Cc1sc(C(=O)N(C)Cc2ccccc2Cl)cc1[N+](=O)[O-]. The van der Waals surface area contributed by atoms with E-state index in [9.17, 15) is 14.9 Å². The topological polar surface area (TPSA) is 63.5 Å². The van der Waals surface area contributed by atoms with Crippen LogP contribution in [0.4, 0.5) is 5.69 Å². The maximum Gasteiger partial charge on any atom is 0.283 e. The van der Waals surface area contributed by atoms with Crippen LogP contribution in [0, 0.1) is 17.0 Å². The van der Waals surface area contributed by atoms with Crippen LogP contribution in [0.15, 0.2) is 30.3 Å². The van der Waals surface area contributed by atoms with E-state index in [4.69, 9.17) is 11.6 Å². The third-order valence-electron chi connectivity index (χ3n) is 3.01. The van der Waals surface area contributed by atoms with Gasteiger partial charge in [-0.1, -0.05) is 29.8 Å². The van der Waals surface area contributed by atoms with Crippen LogP contribution in [-0.4, -0.2) is 22.8 Å². The van der Waals surface area contributed by atoms with E-state index >= 15 is 0 Å². The molecule has 1 heterocycles. The highest BCUT2D eigenvalue weighted by molar-refractivity contribution is 7.14. The van der Waals surface area contributed by atoms with Gasteiger partial charge >= 0.3 is 0 Å². The number of aryl methyl sites for hydroxylation is 1. The van der Waals surface area contributed by atoms with Gasteiger partial charge in [-0.15, -0.1) is 11.3 Å². The Morgan fingerprint density at radius 3 is 2.67 bits per heavy atom. The van der Waals surface area contributed by atoms with Gasteiger partial charge in [-0.25, -0.2) is 0 Å². The molecule has 1 aromatic carbocycles. The minimum atomic E-state index is -0.476. The fourth-order valence-corrected chi connectivity index (χ4v) is 3.08. The maximum absolute atomic E-state index is 12.3. The second-order valence-electron chi connectivity index (χ2n) is 4.56. The number of hydrogen-bond donors (Lipinski definition) is 0. The molecule has 0 saturated carbocycles. The molecule has 1 aromatic heterocycles. The monoisotopic (exact) mass is 324 g/mol. The Morgan fingerprint density at radius 1 is 1.43 bits per heavy atom. The van der Waals surface area contributed by atoms with Crippen LogP contribution in [-0.2, 0) is 6.54 Å². The van der Waals surface area contributed by atoms with Gasteiger partial charge in [0.2, 0.25) is 0 Å². The number of carbonyl (C=O) groups excluding carboxylic acids is 1. The molecular formula is C14H13ClN2O3S. The Bertz CT molecular complexity index is 699. The zero-order valence-corrected chi connectivity index (χ0v) is 13.1. The Morgan fingerprint density at radius 2 is 2.10 bits per heavy atom. The highest BCUT2D eigenvalue weighted by Crippen LogP contribution is 2.29. The molecule has 0 aliphatic carbocycles. The van der Waals surface area contributed by atoms with Crippen molar-refractivity contribution in [3.8, 4) is 0 Å². The lowest BCUT2D eigenvalue weighted by molar-refractivity contribution is -0.385. The molecule has 2 rings (SSSR count). The second-order valence-corrected chi connectivity index (χ2v) is 6.23. The summed E-state index contributed by atoms with van der Waals surface area (Å²) in [5.41, 5.74) is 0.812. The molecule has 21 heavy (non-hydrogen) atoms. The summed E-state index contributed by atoms with van der Waals surface area (Å²) in [5.74, 6) is -0.254. The summed E-state index contributed by atoms with van der Waals surface area (Å²) in [4.78, 5) is 25.1. The van der Waals surface area contributed by atoms with Crippen molar-refractivity contribution >= 4 is 34.5 Å².